The van der Waals surface area contributed by atoms with Crippen LogP contribution in [0.1, 0.15) is 13.3 Å². The van der Waals surface area contributed by atoms with Gasteiger partial charge >= 0.3 is 0 Å². The fourth-order valence-corrected chi connectivity index (χ4v) is 1.29. The normalized spacial score (nSPS) is 24.4. The van der Waals surface area contributed by atoms with Gasteiger partial charge in [-0.3, -0.25) is 4.79 Å². The van der Waals surface area contributed by atoms with Crippen molar-refractivity contribution in [2.45, 2.75) is 19.4 Å². The first-order valence-electron chi connectivity index (χ1n) is 4.57. The van der Waals surface area contributed by atoms with Crippen molar-refractivity contribution in [3.8, 4) is 0 Å². The number of ether oxygens (including phenoxy) is 1. The number of hydrogen-bond acceptors (Lipinski definition) is 3. The van der Waals surface area contributed by atoms with Crippen LogP contribution < -0.4 is 11.1 Å². The summed E-state index contributed by atoms with van der Waals surface area (Å²) < 4.78 is 5.41. The lowest BCUT2D eigenvalue weighted by molar-refractivity contribution is -0.114. The molecule has 4 heteroatoms. The SMILES string of the molecule is CCC(=CC1CNCCO1)C(N)=O. The van der Waals surface area contributed by atoms with E-state index in [1.54, 1.807) is 0 Å². The molecule has 1 unspecified atom stereocenters. The second-order valence-electron chi connectivity index (χ2n) is 3.02. The molecule has 1 rings (SSSR count). The van der Waals surface area contributed by atoms with Crippen molar-refractivity contribution in [2.24, 2.45) is 5.73 Å². The van der Waals surface area contributed by atoms with Crippen LogP contribution in [0.5, 0.6) is 0 Å². The van der Waals surface area contributed by atoms with Gasteiger partial charge in [0.1, 0.15) is 0 Å². The minimum atomic E-state index is -0.350. The molecular weight excluding hydrogens is 168 g/mol. The molecule has 1 heterocycles. The third kappa shape index (κ3) is 3.16. The molecule has 3 N–H and O–H groups in total. The summed E-state index contributed by atoms with van der Waals surface area (Å²) in [6.45, 7) is 4.24. The summed E-state index contributed by atoms with van der Waals surface area (Å²) >= 11 is 0. The molecule has 0 radical (unpaired) electrons. The third-order valence-electron chi connectivity index (χ3n) is 2.04. The summed E-state index contributed by atoms with van der Waals surface area (Å²) in [7, 11) is 0. The second-order valence-corrected chi connectivity index (χ2v) is 3.02. The van der Waals surface area contributed by atoms with Crippen LogP contribution in [0.4, 0.5) is 0 Å². The van der Waals surface area contributed by atoms with Gasteiger partial charge in [0.2, 0.25) is 5.91 Å². The summed E-state index contributed by atoms with van der Waals surface area (Å²) in [5.41, 5.74) is 5.83. The lowest BCUT2D eigenvalue weighted by Gasteiger charge is -2.21. The van der Waals surface area contributed by atoms with Gasteiger partial charge in [0.25, 0.3) is 0 Å². The van der Waals surface area contributed by atoms with Crippen LogP contribution >= 0.6 is 0 Å². The van der Waals surface area contributed by atoms with E-state index in [4.69, 9.17) is 10.5 Å². The Morgan fingerprint density at radius 2 is 2.54 bits per heavy atom. The number of hydrogen-bond donors (Lipinski definition) is 2. The molecule has 1 atom stereocenters. The number of nitrogens with one attached hydrogen (secondary N) is 1. The Hall–Kier alpha value is -0.870. The van der Waals surface area contributed by atoms with Crippen LogP contribution in [0, 0.1) is 0 Å². The van der Waals surface area contributed by atoms with Gasteiger partial charge in [-0.2, -0.15) is 0 Å². The maximum atomic E-state index is 10.9. The zero-order chi connectivity index (χ0) is 9.68. The van der Waals surface area contributed by atoms with Crippen molar-refractivity contribution >= 4 is 5.91 Å². The highest BCUT2D eigenvalue weighted by atomic mass is 16.5. The Kier molecular flexibility index (Phi) is 3.92. The summed E-state index contributed by atoms with van der Waals surface area (Å²) in [5.74, 6) is -0.350. The number of morpholine rings is 1. The molecule has 0 bridgehead atoms. The lowest BCUT2D eigenvalue weighted by atomic mass is 10.1. The van der Waals surface area contributed by atoms with Crippen molar-refractivity contribution in [1.29, 1.82) is 0 Å². The summed E-state index contributed by atoms with van der Waals surface area (Å²) in [4.78, 5) is 10.9. The highest BCUT2D eigenvalue weighted by Crippen LogP contribution is 2.05. The molecule has 1 amide bonds. The van der Waals surface area contributed by atoms with E-state index in [0.717, 1.165) is 13.1 Å². The minimum absolute atomic E-state index is 0.00352. The second kappa shape index (κ2) is 4.99. The lowest BCUT2D eigenvalue weighted by Crippen LogP contribution is -2.37. The monoisotopic (exact) mass is 184 g/mol. The van der Waals surface area contributed by atoms with E-state index >= 15 is 0 Å². The van der Waals surface area contributed by atoms with Crippen LogP contribution in [0.2, 0.25) is 0 Å². The first-order valence-corrected chi connectivity index (χ1v) is 4.57. The number of carbonyl (C=O) groups excluding carboxylic acids is 1. The molecule has 0 aromatic heterocycles. The summed E-state index contributed by atoms with van der Waals surface area (Å²) in [6.07, 6.45) is 2.47. The van der Waals surface area contributed by atoms with Gasteiger partial charge in [0.15, 0.2) is 0 Å². The van der Waals surface area contributed by atoms with Gasteiger partial charge < -0.3 is 15.8 Å². The average Bonchev–Trinajstić information content (AvgIpc) is 2.15. The fourth-order valence-electron chi connectivity index (χ4n) is 1.29. The zero-order valence-corrected chi connectivity index (χ0v) is 7.88. The maximum absolute atomic E-state index is 10.9. The molecule has 1 fully saturated rings. The van der Waals surface area contributed by atoms with E-state index in [1.165, 1.54) is 0 Å². The molecule has 13 heavy (non-hydrogen) atoms. The van der Waals surface area contributed by atoms with Gasteiger partial charge in [-0.15, -0.1) is 0 Å². The first kappa shape index (κ1) is 10.2. The van der Waals surface area contributed by atoms with Crippen molar-refractivity contribution < 1.29 is 9.53 Å². The van der Waals surface area contributed by atoms with Crippen molar-refractivity contribution in [2.75, 3.05) is 19.7 Å². The van der Waals surface area contributed by atoms with E-state index in [2.05, 4.69) is 5.32 Å². The van der Waals surface area contributed by atoms with E-state index in [1.807, 2.05) is 13.0 Å². The van der Waals surface area contributed by atoms with Gasteiger partial charge in [0, 0.05) is 18.7 Å². The molecule has 74 valence electrons. The molecule has 1 aliphatic heterocycles. The highest BCUT2D eigenvalue weighted by molar-refractivity contribution is 5.91. The zero-order valence-electron chi connectivity index (χ0n) is 7.88. The van der Waals surface area contributed by atoms with E-state index in [0.29, 0.717) is 18.6 Å². The topological polar surface area (TPSA) is 64.3 Å². The summed E-state index contributed by atoms with van der Waals surface area (Å²) in [5, 5.41) is 3.18. The predicted octanol–water partition coefficient (Wildman–Crippen LogP) is -0.203. The quantitative estimate of drug-likeness (QED) is 0.597. The molecule has 0 aliphatic carbocycles. The molecule has 0 aromatic rings. The third-order valence-corrected chi connectivity index (χ3v) is 2.04. The Labute approximate surface area is 78.1 Å². The van der Waals surface area contributed by atoms with E-state index in [-0.39, 0.29) is 12.0 Å². The van der Waals surface area contributed by atoms with Gasteiger partial charge in [-0.25, -0.2) is 0 Å². The van der Waals surface area contributed by atoms with Crippen molar-refractivity contribution in [1.82, 2.24) is 5.32 Å². The Bertz CT molecular complexity index is 208. The highest BCUT2D eigenvalue weighted by Gasteiger charge is 2.12. The average molecular weight is 184 g/mol. The number of amides is 1. The molecule has 1 saturated heterocycles. The Balaban J connectivity index is 2.54. The Morgan fingerprint density at radius 3 is 3.00 bits per heavy atom. The van der Waals surface area contributed by atoms with Crippen molar-refractivity contribution in [3.63, 3.8) is 0 Å². The minimum Gasteiger partial charge on any atom is -0.371 e. The number of nitrogens with two attached hydrogens (primary N) is 1. The number of carbonyl (C=O) groups is 1. The van der Waals surface area contributed by atoms with Crippen LogP contribution in [-0.2, 0) is 9.53 Å². The van der Waals surface area contributed by atoms with E-state index in [9.17, 15) is 4.79 Å². The largest absolute Gasteiger partial charge is 0.371 e. The molecular formula is C9H16N2O2. The molecule has 0 saturated carbocycles. The Morgan fingerprint density at radius 1 is 1.77 bits per heavy atom. The van der Waals surface area contributed by atoms with Crippen LogP contribution in [0.25, 0.3) is 0 Å². The number of rotatable bonds is 3. The van der Waals surface area contributed by atoms with Gasteiger partial charge in [-0.1, -0.05) is 6.92 Å². The van der Waals surface area contributed by atoms with E-state index < -0.39 is 0 Å². The summed E-state index contributed by atoms with van der Waals surface area (Å²) in [6, 6.07) is 0. The standard InChI is InChI=1S/C9H16N2O2/c1-2-7(9(10)12)5-8-6-11-3-4-13-8/h5,8,11H,2-4,6H2,1H3,(H2,10,12). The van der Waals surface area contributed by atoms with Gasteiger partial charge in [0.05, 0.1) is 12.7 Å². The van der Waals surface area contributed by atoms with Crippen molar-refractivity contribution in [3.05, 3.63) is 11.6 Å². The number of primary amides is 1. The molecule has 1 aliphatic rings. The molecule has 4 nitrogen and oxygen atoms in total. The molecule has 0 aromatic carbocycles. The van der Waals surface area contributed by atoms with Crippen LogP contribution in [0.15, 0.2) is 11.6 Å². The van der Waals surface area contributed by atoms with Crippen LogP contribution in [0.3, 0.4) is 0 Å². The van der Waals surface area contributed by atoms with Crippen LogP contribution in [-0.4, -0.2) is 31.7 Å². The maximum Gasteiger partial charge on any atom is 0.244 e. The predicted molar refractivity (Wildman–Crippen MR) is 50.2 cm³/mol. The first-order chi connectivity index (χ1) is 6.24. The smallest absolute Gasteiger partial charge is 0.244 e. The fraction of sp³-hybridized carbons (Fsp3) is 0.667. The molecule has 0 spiro atoms. The van der Waals surface area contributed by atoms with Gasteiger partial charge in [-0.05, 0) is 12.5 Å².